The van der Waals surface area contributed by atoms with Gasteiger partial charge in [0.15, 0.2) is 5.78 Å². The zero-order valence-electron chi connectivity index (χ0n) is 41.7. The number of esters is 2. The average Bonchev–Trinajstić information content (AvgIpc) is 3.68. The SMILES string of the molecule is CC.CCCCC[C@H](CC(=O)[C@@H]1C[C@@H](C)CN1C(=O)OC(C)(C)C)C(=O)OC(C)(C)C.CCCCC[C@H](N)C(=O)OC(C)(C)C.C[C@@H]1C[C@@H](C=O)N(C(=O)OC(C)(C)C)C1.Cl. The van der Waals surface area contributed by atoms with E-state index in [4.69, 9.17) is 24.7 Å². The number of amides is 2. The molecule has 0 radical (unpaired) electrons. The summed E-state index contributed by atoms with van der Waals surface area (Å²) in [6.45, 7) is 35.3. The Hall–Kier alpha value is -2.93. The van der Waals surface area contributed by atoms with E-state index in [1.807, 2.05) is 111 Å². The van der Waals surface area contributed by atoms with E-state index < -0.39 is 46.5 Å². The molecule has 0 spiro atoms. The standard InChI is InChI=1S/C23H41NO5.C11H19NO3.C11H23NO2.C2H6.ClH/c1-9-10-11-12-17(20(26)28-22(3,4)5)14-19(25)18-13-16(2)15-24(18)21(27)29-23(6,7)8;1-8-5-9(7-13)12(6-8)10(14)15-11(2,3)4;1-5-6-7-8-9(12)10(13)14-11(2,3)4;1-2;/h16-18H,9-15H2,1-8H3;7-9H,5-6H2,1-4H3;9H,5-8,12H2,1-4H3;1-2H3;1H/t16-,17-,18+;8-,9+;9-;;/m110../s1. The van der Waals surface area contributed by atoms with Gasteiger partial charge in [0.1, 0.15) is 34.7 Å². The van der Waals surface area contributed by atoms with Crippen LogP contribution in [0.4, 0.5) is 9.59 Å². The van der Waals surface area contributed by atoms with Crippen molar-refractivity contribution in [3.8, 4) is 0 Å². The molecule has 2 aliphatic rings. The Kier molecular flexibility index (Phi) is 30.1. The maximum atomic E-state index is 13.1. The van der Waals surface area contributed by atoms with Crippen LogP contribution in [-0.4, -0.2) is 99.6 Å². The summed E-state index contributed by atoms with van der Waals surface area (Å²) < 4.78 is 21.4. The summed E-state index contributed by atoms with van der Waals surface area (Å²) in [4.78, 5) is 75.4. The molecule has 2 saturated heterocycles. The second-order valence-electron chi connectivity index (χ2n) is 20.2. The number of hydrogen-bond donors (Lipinski definition) is 1. The highest BCUT2D eigenvalue weighted by Crippen LogP contribution is 2.29. The minimum atomic E-state index is -0.615. The summed E-state index contributed by atoms with van der Waals surface area (Å²) in [6.07, 6.45) is 8.98. The summed E-state index contributed by atoms with van der Waals surface area (Å²) >= 11 is 0. The van der Waals surface area contributed by atoms with Crippen LogP contribution in [-0.2, 0) is 38.1 Å². The number of aldehydes is 1. The lowest BCUT2D eigenvalue weighted by atomic mass is 9.91. The second kappa shape index (κ2) is 29.4. The Morgan fingerprint density at radius 3 is 1.44 bits per heavy atom. The number of Topliss-reactive ketones (excluding diaryl/α,β-unsaturated/α-hetero) is 1. The highest BCUT2D eigenvalue weighted by molar-refractivity contribution is 5.91. The molecular weight excluding hydrogens is 802 g/mol. The molecule has 2 amide bonds. The highest BCUT2D eigenvalue weighted by atomic mass is 35.5. The summed E-state index contributed by atoms with van der Waals surface area (Å²) in [7, 11) is 0. The molecule has 14 heteroatoms. The zero-order chi connectivity index (χ0) is 47.2. The van der Waals surface area contributed by atoms with Gasteiger partial charge in [0.05, 0.1) is 18.0 Å². The predicted molar refractivity (Wildman–Crippen MR) is 247 cm³/mol. The van der Waals surface area contributed by atoms with Crippen molar-refractivity contribution in [1.82, 2.24) is 9.80 Å². The monoisotopic (exact) mass is 892 g/mol. The number of carbonyl (C=O) groups excluding carboxylic acids is 6. The number of ether oxygens (including phenoxy) is 4. The first-order chi connectivity index (χ1) is 27.4. The number of likely N-dealkylation sites (tertiary alicyclic amines) is 2. The normalized spacial score (nSPS) is 19.8. The van der Waals surface area contributed by atoms with Crippen LogP contribution in [0.15, 0.2) is 0 Å². The van der Waals surface area contributed by atoms with Gasteiger partial charge in [-0.2, -0.15) is 0 Å². The van der Waals surface area contributed by atoms with Crippen molar-refractivity contribution in [2.45, 2.75) is 236 Å². The summed E-state index contributed by atoms with van der Waals surface area (Å²) in [6, 6.07) is -1.30. The first kappa shape index (κ1) is 62.4. The molecule has 2 N–H and O–H groups in total. The van der Waals surface area contributed by atoms with Crippen LogP contribution in [0.5, 0.6) is 0 Å². The van der Waals surface area contributed by atoms with E-state index in [2.05, 4.69) is 13.8 Å². The molecule has 0 aromatic carbocycles. The van der Waals surface area contributed by atoms with Gasteiger partial charge in [-0.3, -0.25) is 24.2 Å². The van der Waals surface area contributed by atoms with Crippen molar-refractivity contribution in [2.75, 3.05) is 13.1 Å². The summed E-state index contributed by atoms with van der Waals surface area (Å²) in [5.41, 5.74) is 3.55. The third-order valence-corrected chi connectivity index (χ3v) is 9.02. The van der Waals surface area contributed by atoms with Crippen LogP contribution < -0.4 is 5.73 Å². The van der Waals surface area contributed by atoms with E-state index >= 15 is 0 Å². The fraction of sp³-hybridized carbons (Fsp3) is 0.872. The number of carbonyl (C=O) groups is 6. The molecule has 2 fully saturated rings. The molecule has 0 unspecified atom stereocenters. The van der Waals surface area contributed by atoms with Crippen LogP contribution in [0.25, 0.3) is 0 Å². The van der Waals surface area contributed by atoms with E-state index in [1.165, 1.54) is 9.80 Å². The number of halogens is 1. The number of nitrogens with two attached hydrogens (primary N) is 1. The van der Waals surface area contributed by atoms with Crippen molar-refractivity contribution >= 4 is 48.6 Å². The quantitative estimate of drug-likeness (QED) is 0.0761. The van der Waals surface area contributed by atoms with E-state index in [-0.39, 0.29) is 54.6 Å². The van der Waals surface area contributed by atoms with Gasteiger partial charge >= 0.3 is 24.1 Å². The first-order valence-electron chi connectivity index (χ1n) is 22.6. The molecule has 0 saturated carbocycles. The van der Waals surface area contributed by atoms with Gasteiger partial charge in [-0.15, -0.1) is 12.4 Å². The maximum Gasteiger partial charge on any atom is 0.410 e. The number of unbranched alkanes of at least 4 members (excludes halogenated alkanes) is 4. The number of rotatable bonds is 14. The number of hydrogen-bond acceptors (Lipinski definition) is 11. The molecule has 0 aromatic rings. The Morgan fingerprint density at radius 1 is 0.623 bits per heavy atom. The van der Waals surface area contributed by atoms with E-state index in [9.17, 15) is 28.8 Å². The molecule has 0 aliphatic carbocycles. The lowest BCUT2D eigenvalue weighted by molar-refractivity contribution is -0.161. The third kappa shape index (κ3) is 29.1. The topological polar surface area (TPSA) is 172 Å². The molecule has 13 nitrogen and oxygen atoms in total. The van der Waals surface area contributed by atoms with Gasteiger partial charge in [-0.05, 0) is 121 Å². The van der Waals surface area contributed by atoms with Crippen LogP contribution in [0.3, 0.4) is 0 Å². The molecular formula is C47H90ClN3O10. The fourth-order valence-electron chi connectivity index (χ4n) is 6.44. The Labute approximate surface area is 377 Å². The van der Waals surface area contributed by atoms with Crippen molar-refractivity contribution < 1.29 is 47.7 Å². The van der Waals surface area contributed by atoms with Crippen molar-refractivity contribution in [1.29, 1.82) is 0 Å². The van der Waals surface area contributed by atoms with Crippen LogP contribution in [0, 0.1) is 17.8 Å². The van der Waals surface area contributed by atoms with Gasteiger partial charge in [0.2, 0.25) is 0 Å². The Morgan fingerprint density at radius 2 is 1.02 bits per heavy atom. The lowest BCUT2D eigenvalue weighted by Gasteiger charge is -2.29. The molecule has 6 atom stereocenters. The molecule has 0 aromatic heterocycles. The average molecular weight is 893 g/mol. The van der Waals surface area contributed by atoms with Crippen LogP contribution >= 0.6 is 12.4 Å². The summed E-state index contributed by atoms with van der Waals surface area (Å²) in [5.74, 6) is -0.563. The molecule has 360 valence electrons. The van der Waals surface area contributed by atoms with Crippen LogP contribution in [0.2, 0.25) is 0 Å². The summed E-state index contributed by atoms with van der Waals surface area (Å²) in [5, 5.41) is 0. The number of nitrogens with zero attached hydrogens (tertiary/aromatic N) is 2. The van der Waals surface area contributed by atoms with Crippen molar-refractivity contribution in [3.05, 3.63) is 0 Å². The van der Waals surface area contributed by atoms with E-state index in [1.54, 1.807) is 0 Å². The minimum Gasteiger partial charge on any atom is -0.460 e. The first-order valence-corrected chi connectivity index (χ1v) is 22.6. The maximum absolute atomic E-state index is 13.1. The molecule has 2 rings (SSSR count). The fourth-order valence-corrected chi connectivity index (χ4v) is 6.44. The minimum absolute atomic E-state index is 0. The van der Waals surface area contributed by atoms with Gasteiger partial charge < -0.3 is 29.5 Å². The van der Waals surface area contributed by atoms with Crippen LogP contribution in [0.1, 0.15) is 195 Å². The second-order valence-corrected chi connectivity index (χ2v) is 20.2. The van der Waals surface area contributed by atoms with E-state index in [0.717, 1.165) is 57.7 Å². The van der Waals surface area contributed by atoms with Gasteiger partial charge in [-0.1, -0.05) is 80.1 Å². The van der Waals surface area contributed by atoms with Gasteiger partial charge in [0.25, 0.3) is 0 Å². The van der Waals surface area contributed by atoms with Gasteiger partial charge in [-0.25, -0.2) is 9.59 Å². The highest BCUT2D eigenvalue weighted by Gasteiger charge is 2.41. The molecule has 2 heterocycles. The third-order valence-electron chi connectivity index (χ3n) is 9.02. The molecule has 61 heavy (non-hydrogen) atoms. The molecule has 0 bridgehead atoms. The van der Waals surface area contributed by atoms with Gasteiger partial charge in [0, 0.05) is 19.5 Å². The Bertz CT molecular complexity index is 1300. The van der Waals surface area contributed by atoms with Crippen molar-refractivity contribution in [2.24, 2.45) is 23.5 Å². The Balaban J connectivity index is -0.000000885. The smallest absolute Gasteiger partial charge is 0.410 e. The number of ketones is 1. The van der Waals surface area contributed by atoms with Crippen molar-refractivity contribution in [3.63, 3.8) is 0 Å². The van der Waals surface area contributed by atoms with E-state index in [0.29, 0.717) is 31.8 Å². The largest absolute Gasteiger partial charge is 0.460 e. The lowest BCUT2D eigenvalue weighted by Crippen LogP contribution is -2.44. The predicted octanol–water partition coefficient (Wildman–Crippen LogP) is 10.6. The molecule has 2 aliphatic heterocycles. The zero-order valence-corrected chi connectivity index (χ0v) is 42.5.